The summed E-state index contributed by atoms with van der Waals surface area (Å²) >= 11 is 1.38. The lowest BCUT2D eigenvalue weighted by atomic mass is 10.2. The van der Waals surface area contributed by atoms with Gasteiger partial charge in [-0.3, -0.25) is 10.2 Å². The molecule has 0 spiro atoms. The molecule has 1 aromatic carbocycles. The maximum absolute atomic E-state index is 11.5. The molecular formula is C19H25N3O4S. The van der Waals surface area contributed by atoms with Crippen molar-refractivity contribution in [3.63, 3.8) is 0 Å². The van der Waals surface area contributed by atoms with Crippen LogP contribution >= 0.6 is 11.3 Å². The summed E-state index contributed by atoms with van der Waals surface area (Å²) in [5.41, 5.74) is 4.38. The second-order valence-electron chi connectivity index (χ2n) is 5.74. The van der Waals surface area contributed by atoms with E-state index in [0.717, 1.165) is 12.0 Å². The number of anilines is 1. The molecule has 2 rings (SSSR count). The number of thiazole rings is 1. The van der Waals surface area contributed by atoms with Gasteiger partial charge in [0.15, 0.2) is 11.5 Å². The van der Waals surface area contributed by atoms with Gasteiger partial charge in [0.2, 0.25) is 5.13 Å². The van der Waals surface area contributed by atoms with Crippen molar-refractivity contribution in [3.8, 4) is 11.5 Å². The highest BCUT2D eigenvalue weighted by molar-refractivity contribution is 7.13. The number of methoxy groups -OCH3 is 1. The van der Waals surface area contributed by atoms with E-state index in [1.807, 2.05) is 25.1 Å². The van der Waals surface area contributed by atoms with E-state index >= 15 is 0 Å². The van der Waals surface area contributed by atoms with Crippen LogP contribution in [0.3, 0.4) is 0 Å². The molecule has 8 heteroatoms. The van der Waals surface area contributed by atoms with Gasteiger partial charge in [0, 0.05) is 5.38 Å². The second-order valence-corrected chi connectivity index (χ2v) is 6.60. The first-order chi connectivity index (χ1) is 13.0. The van der Waals surface area contributed by atoms with Gasteiger partial charge in [0.05, 0.1) is 38.1 Å². The van der Waals surface area contributed by atoms with E-state index in [-0.39, 0.29) is 18.5 Å². The van der Waals surface area contributed by atoms with Crippen LogP contribution in [0.15, 0.2) is 28.7 Å². The summed E-state index contributed by atoms with van der Waals surface area (Å²) in [5, 5.41) is 6.59. The Kier molecular flexibility index (Phi) is 8.06. The predicted molar refractivity (Wildman–Crippen MR) is 107 cm³/mol. The normalized spacial score (nSPS) is 12.0. The zero-order valence-electron chi connectivity index (χ0n) is 16.0. The summed E-state index contributed by atoms with van der Waals surface area (Å²) in [5.74, 6) is 1.08. The van der Waals surface area contributed by atoms with Gasteiger partial charge in [-0.15, -0.1) is 11.3 Å². The molecule has 0 saturated heterocycles. The Balaban J connectivity index is 1.96. The minimum Gasteiger partial charge on any atom is -0.493 e. The predicted octanol–water partition coefficient (Wildman–Crippen LogP) is 3.88. The van der Waals surface area contributed by atoms with Crippen molar-refractivity contribution in [2.75, 3.05) is 19.1 Å². The van der Waals surface area contributed by atoms with Crippen LogP contribution < -0.4 is 14.9 Å². The molecule has 0 bridgehead atoms. The molecule has 0 amide bonds. The van der Waals surface area contributed by atoms with Crippen molar-refractivity contribution < 1.29 is 19.0 Å². The number of hydrogen-bond acceptors (Lipinski definition) is 8. The maximum atomic E-state index is 11.5. The molecule has 0 aliphatic carbocycles. The van der Waals surface area contributed by atoms with E-state index in [9.17, 15) is 4.79 Å². The van der Waals surface area contributed by atoms with Gasteiger partial charge in [-0.1, -0.05) is 6.92 Å². The summed E-state index contributed by atoms with van der Waals surface area (Å²) in [6.45, 7) is 6.23. The number of nitrogens with one attached hydrogen (secondary N) is 1. The first kappa shape index (κ1) is 20.7. The van der Waals surface area contributed by atoms with Crippen molar-refractivity contribution in [2.45, 2.75) is 39.7 Å². The summed E-state index contributed by atoms with van der Waals surface area (Å²) in [4.78, 5) is 15.8. The highest BCUT2D eigenvalue weighted by atomic mass is 32.1. The number of ether oxygens (including phenoxy) is 3. The first-order valence-corrected chi connectivity index (χ1v) is 9.67. The molecule has 0 aliphatic heterocycles. The van der Waals surface area contributed by atoms with Gasteiger partial charge >= 0.3 is 5.97 Å². The Bertz CT molecular complexity index is 776. The molecule has 7 nitrogen and oxygen atoms in total. The Morgan fingerprint density at radius 1 is 1.37 bits per heavy atom. The molecule has 0 fully saturated rings. The zero-order chi connectivity index (χ0) is 19.6. The lowest BCUT2D eigenvalue weighted by Gasteiger charge is -2.15. The van der Waals surface area contributed by atoms with E-state index in [2.05, 4.69) is 22.4 Å². The Hall–Kier alpha value is -2.61. The summed E-state index contributed by atoms with van der Waals surface area (Å²) in [6, 6.07) is 5.63. The van der Waals surface area contributed by atoms with Crippen molar-refractivity contribution in [2.24, 2.45) is 5.10 Å². The van der Waals surface area contributed by atoms with Crippen LogP contribution in [-0.2, 0) is 16.0 Å². The quantitative estimate of drug-likeness (QED) is 0.376. The van der Waals surface area contributed by atoms with Crippen molar-refractivity contribution in [3.05, 3.63) is 34.8 Å². The molecule has 1 aromatic heterocycles. The molecule has 1 heterocycles. The summed E-state index contributed by atoms with van der Waals surface area (Å²) < 4.78 is 16.1. The van der Waals surface area contributed by atoms with Gasteiger partial charge in [0.25, 0.3) is 0 Å². The topological polar surface area (TPSA) is 82.0 Å². The van der Waals surface area contributed by atoms with Crippen molar-refractivity contribution >= 4 is 28.7 Å². The number of carbonyl (C=O) groups is 1. The molecule has 1 N–H and O–H groups in total. The second kappa shape index (κ2) is 10.5. The van der Waals surface area contributed by atoms with E-state index in [0.29, 0.717) is 28.9 Å². The fourth-order valence-corrected chi connectivity index (χ4v) is 2.78. The molecule has 0 aliphatic rings. The Morgan fingerprint density at radius 3 is 2.89 bits per heavy atom. The minimum absolute atomic E-state index is 0.119. The average Bonchev–Trinajstić information content (AvgIpc) is 3.09. The molecule has 27 heavy (non-hydrogen) atoms. The third-order valence-corrected chi connectivity index (χ3v) is 4.44. The van der Waals surface area contributed by atoms with Crippen molar-refractivity contribution in [1.82, 2.24) is 4.98 Å². The number of benzene rings is 1. The largest absolute Gasteiger partial charge is 0.493 e. The third-order valence-electron chi connectivity index (χ3n) is 3.65. The van der Waals surface area contributed by atoms with Gasteiger partial charge in [-0.2, -0.15) is 5.10 Å². The number of hydrazone groups is 1. The molecule has 0 radical (unpaired) electrons. The lowest BCUT2D eigenvalue weighted by Crippen LogP contribution is -2.10. The first-order valence-electron chi connectivity index (χ1n) is 8.79. The number of esters is 1. The van der Waals surface area contributed by atoms with Crippen LogP contribution in [0.5, 0.6) is 11.5 Å². The van der Waals surface area contributed by atoms with Crippen LogP contribution in [0.4, 0.5) is 5.13 Å². The SMILES string of the molecule is CCOC(=O)Cc1csc(NN=Cc2ccc(OC(C)CC)c(OC)c2)n1. The van der Waals surface area contributed by atoms with E-state index in [4.69, 9.17) is 14.2 Å². The standard InChI is InChI=1S/C19H25N3O4S/c1-5-13(3)26-16-8-7-14(9-17(16)24-4)11-20-22-19-21-15(12-27-19)10-18(23)25-6-2/h7-9,11-13H,5-6,10H2,1-4H3,(H,21,22). The van der Waals surface area contributed by atoms with Gasteiger partial charge in [-0.25, -0.2) is 4.98 Å². The fourth-order valence-electron chi connectivity index (χ4n) is 2.12. The van der Waals surface area contributed by atoms with E-state index in [1.54, 1.807) is 25.6 Å². The Morgan fingerprint density at radius 2 is 2.19 bits per heavy atom. The van der Waals surface area contributed by atoms with Crippen LogP contribution in [0, 0.1) is 0 Å². The monoisotopic (exact) mass is 391 g/mol. The van der Waals surface area contributed by atoms with Crippen molar-refractivity contribution in [1.29, 1.82) is 0 Å². The summed E-state index contributed by atoms with van der Waals surface area (Å²) in [7, 11) is 1.61. The van der Waals surface area contributed by atoms with Crippen LogP contribution in [0.1, 0.15) is 38.4 Å². The minimum atomic E-state index is -0.287. The van der Waals surface area contributed by atoms with Crippen LogP contribution in [-0.4, -0.2) is 37.0 Å². The van der Waals surface area contributed by atoms with Gasteiger partial charge in [0.1, 0.15) is 0 Å². The molecular weight excluding hydrogens is 366 g/mol. The van der Waals surface area contributed by atoms with Crippen LogP contribution in [0.25, 0.3) is 0 Å². The molecule has 1 atom stereocenters. The van der Waals surface area contributed by atoms with Crippen LogP contribution in [0.2, 0.25) is 0 Å². The highest BCUT2D eigenvalue weighted by Gasteiger charge is 2.09. The number of rotatable bonds is 10. The lowest BCUT2D eigenvalue weighted by molar-refractivity contribution is -0.142. The number of nitrogens with zero attached hydrogens (tertiary/aromatic N) is 2. The molecule has 0 saturated carbocycles. The molecule has 2 aromatic rings. The average molecular weight is 391 g/mol. The van der Waals surface area contributed by atoms with Gasteiger partial charge < -0.3 is 14.2 Å². The number of carbonyl (C=O) groups excluding carboxylic acids is 1. The summed E-state index contributed by atoms with van der Waals surface area (Å²) in [6.07, 6.45) is 2.86. The third kappa shape index (κ3) is 6.56. The number of aromatic nitrogens is 1. The van der Waals surface area contributed by atoms with E-state index < -0.39 is 0 Å². The van der Waals surface area contributed by atoms with Gasteiger partial charge in [-0.05, 0) is 44.0 Å². The highest BCUT2D eigenvalue weighted by Crippen LogP contribution is 2.29. The smallest absolute Gasteiger partial charge is 0.311 e. The molecule has 1 unspecified atom stereocenters. The maximum Gasteiger partial charge on any atom is 0.311 e. The molecule has 146 valence electrons. The zero-order valence-corrected chi connectivity index (χ0v) is 16.8. The Labute approximate surface area is 163 Å². The number of hydrogen-bond donors (Lipinski definition) is 1. The van der Waals surface area contributed by atoms with E-state index in [1.165, 1.54) is 11.3 Å². The fraction of sp³-hybridized carbons (Fsp3) is 0.421.